The second-order valence-corrected chi connectivity index (χ2v) is 9.97. The third kappa shape index (κ3) is 5.57. The van der Waals surface area contributed by atoms with Crippen LogP contribution in [-0.4, -0.2) is 85.2 Å². The van der Waals surface area contributed by atoms with Crippen molar-refractivity contribution in [2.24, 2.45) is 16.8 Å². The van der Waals surface area contributed by atoms with Crippen LogP contribution in [0, 0.1) is 11.8 Å². The van der Waals surface area contributed by atoms with Gasteiger partial charge in [0.1, 0.15) is 11.6 Å². The molecule has 34 heavy (non-hydrogen) atoms. The molecule has 0 aromatic heterocycles. The first-order valence-corrected chi connectivity index (χ1v) is 11.7. The Bertz CT molecular complexity index is 1010. The molecule has 12 heteroatoms. The number of aliphatic carboxylic acids is 2. The van der Waals surface area contributed by atoms with Crippen LogP contribution < -0.4 is 10.6 Å². The lowest BCUT2D eigenvalue weighted by Crippen LogP contribution is -2.40. The standard InChI is InChI=1S/C22H27N3O8S/c1-9-16(15(10(2)26)21(30)31)25-17(22(32)33)18(9)34-13-7-14(23-8-13)19(27)24-12-5-3-4-11(6-12)20(28)29/h3-6,9-10,13-16,18,23,26H,7-8H2,1-2H3,(H,24,27)(H,28,29)(H,30,31)(H,32,33)/t9-,10-,13+,14+,15-,16-,18?/m1/s1. The number of hydrogen-bond acceptors (Lipinski definition) is 8. The summed E-state index contributed by atoms with van der Waals surface area (Å²) < 4.78 is 0. The molecule has 184 valence electrons. The molecule has 7 atom stereocenters. The fourth-order valence-electron chi connectivity index (χ4n) is 4.36. The molecule has 0 aliphatic carbocycles. The van der Waals surface area contributed by atoms with Crippen molar-refractivity contribution in [3.05, 3.63) is 29.8 Å². The van der Waals surface area contributed by atoms with Crippen molar-refractivity contribution in [1.82, 2.24) is 5.32 Å². The average molecular weight is 494 g/mol. The largest absolute Gasteiger partial charge is 0.481 e. The van der Waals surface area contributed by atoms with E-state index in [1.807, 2.05) is 0 Å². The Morgan fingerprint density at radius 1 is 1.18 bits per heavy atom. The van der Waals surface area contributed by atoms with Crippen LogP contribution in [0.1, 0.15) is 30.6 Å². The highest BCUT2D eigenvalue weighted by molar-refractivity contribution is 8.01. The lowest BCUT2D eigenvalue weighted by atomic mass is 9.86. The molecule has 1 saturated heterocycles. The first-order valence-electron chi connectivity index (χ1n) is 10.7. The summed E-state index contributed by atoms with van der Waals surface area (Å²) in [6.07, 6.45) is -0.803. The highest BCUT2D eigenvalue weighted by atomic mass is 32.2. The summed E-state index contributed by atoms with van der Waals surface area (Å²) in [6.45, 7) is 3.50. The van der Waals surface area contributed by atoms with Gasteiger partial charge < -0.3 is 31.1 Å². The molecule has 0 radical (unpaired) electrons. The minimum atomic E-state index is -1.24. The SMILES string of the molecule is C[C@@H](O)[C@@H](C(=O)O)[C@@H]1N=C(C(=O)O)C(S[C@@H]2CN[C@H](C(=O)Nc3cccc(C(=O)O)c3)C2)[C@@H]1C. The summed E-state index contributed by atoms with van der Waals surface area (Å²) >= 11 is 1.33. The monoisotopic (exact) mass is 493 g/mol. The summed E-state index contributed by atoms with van der Waals surface area (Å²) in [4.78, 5) is 51.4. The van der Waals surface area contributed by atoms with E-state index in [1.165, 1.54) is 36.9 Å². The molecular formula is C22H27N3O8S. The van der Waals surface area contributed by atoms with Crippen molar-refractivity contribution >= 4 is 47.0 Å². The zero-order valence-corrected chi connectivity index (χ0v) is 19.4. The molecule has 1 fully saturated rings. The van der Waals surface area contributed by atoms with Gasteiger partial charge in [0, 0.05) is 17.5 Å². The van der Waals surface area contributed by atoms with Gasteiger partial charge in [0.15, 0.2) is 0 Å². The van der Waals surface area contributed by atoms with E-state index in [4.69, 9.17) is 5.11 Å². The number of thioether (sulfide) groups is 1. The van der Waals surface area contributed by atoms with E-state index in [2.05, 4.69) is 15.6 Å². The Labute approximate surface area is 199 Å². The Kier molecular flexibility index (Phi) is 7.95. The van der Waals surface area contributed by atoms with Crippen LogP contribution in [-0.2, 0) is 14.4 Å². The van der Waals surface area contributed by atoms with Gasteiger partial charge in [0.2, 0.25) is 5.91 Å². The number of rotatable bonds is 9. The number of amides is 1. The third-order valence-electron chi connectivity index (χ3n) is 6.09. The predicted octanol–water partition coefficient (Wildman–Crippen LogP) is 0.781. The number of aliphatic imine (C=N–C) groups is 1. The molecule has 2 aliphatic rings. The fourth-order valence-corrected chi connectivity index (χ4v) is 5.97. The maximum atomic E-state index is 12.7. The number of hydrogen-bond donors (Lipinski definition) is 6. The van der Waals surface area contributed by atoms with Crippen molar-refractivity contribution in [1.29, 1.82) is 0 Å². The third-order valence-corrected chi connectivity index (χ3v) is 7.78. The van der Waals surface area contributed by atoms with Gasteiger partial charge in [0.05, 0.1) is 29.0 Å². The molecule has 3 rings (SSSR count). The number of nitrogens with zero attached hydrogens (tertiary/aromatic N) is 1. The van der Waals surface area contributed by atoms with E-state index in [-0.39, 0.29) is 22.4 Å². The van der Waals surface area contributed by atoms with Crippen LogP contribution in [0.15, 0.2) is 29.3 Å². The summed E-state index contributed by atoms with van der Waals surface area (Å²) in [6, 6.07) is 4.45. The number of anilines is 1. The first kappa shape index (κ1) is 25.7. The zero-order chi connectivity index (χ0) is 25.2. The molecule has 2 heterocycles. The maximum absolute atomic E-state index is 12.7. The summed E-state index contributed by atoms with van der Waals surface area (Å²) in [5.41, 5.74) is 0.272. The number of carboxylic acids is 3. The number of aliphatic hydroxyl groups excluding tert-OH is 1. The molecule has 1 aromatic carbocycles. The minimum Gasteiger partial charge on any atom is -0.481 e. The summed E-state index contributed by atoms with van der Waals surface area (Å²) in [5, 5.41) is 43.2. The Morgan fingerprint density at radius 2 is 1.88 bits per heavy atom. The summed E-state index contributed by atoms with van der Waals surface area (Å²) in [5.74, 6) is -5.59. The highest BCUT2D eigenvalue weighted by Crippen LogP contribution is 2.39. The highest BCUT2D eigenvalue weighted by Gasteiger charge is 2.48. The second kappa shape index (κ2) is 10.5. The molecule has 0 bridgehead atoms. The van der Waals surface area contributed by atoms with E-state index in [0.29, 0.717) is 18.7 Å². The van der Waals surface area contributed by atoms with Crippen LogP contribution in [0.4, 0.5) is 5.69 Å². The van der Waals surface area contributed by atoms with Crippen molar-refractivity contribution in [2.45, 2.75) is 49.0 Å². The number of carboxylic acid groups (broad SMARTS) is 3. The number of carbonyl (C=O) groups excluding carboxylic acids is 1. The molecule has 6 N–H and O–H groups in total. The van der Waals surface area contributed by atoms with Gasteiger partial charge in [-0.2, -0.15) is 0 Å². The lowest BCUT2D eigenvalue weighted by Gasteiger charge is -2.27. The van der Waals surface area contributed by atoms with Crippen molar-refractivity contribution in [3.8, 4) is 0 Å². The topological polar surface area (TPSA) is 186 Å². The Balaban J connectivity index is 1.66. The fraction of sp³-hybridized carbons (Fsp3) is 0.500. The predicted molar refractivity (Wildman–Crippen MR) is 124 cm³/mol. The van der Waals surface area contributed by atoms with Crippen molar-refractivity contribution in [2.75, 3.05) is 11.9 Å². The van der Waals surface area contributed by atoms with Gasteiger partial charge in [-0.1, -0.05) is 13.0 Å². The molecule has 1 unspecified atom stereocenters. The van der Waals surface area contributed by atoms with E-state index < -0.39 is 53.2 Å². The van der Waals surface area contributed by atoms with Crippen LogP contribution in [0.3, 0.4) is 0 Å². The van der Waals surface area contributed by atoms with Crippen LogP contribution in [0.25, 0.3) is 0 Å². The van der Waals surface area contributed by atoms with Gasteiger partial charge in [-0.3, -0.25) is 14.6 Å². The molecule has 11 nitrogen and oxygen atoms in total. The molecule has 0 spiro atoms. The van der Waals surface area contributed by atoms with Crippen molar-refractivity contribution < 1.29 is 39.6 Å². The second-order valence-electron chi connectivity index (χ2n) is 8.52. The molecule has 0 saturated carbocycles. The lowest BCUT2D eigenvalue weighted by molar-refractivity contribution is -0.146. The van der Waals surface area contributed by atoms with Gasteiger partial charge in [-0.25, -0.2) is 9.59 Å². The molecular weight excluding hydrogens is 466 g/mol. The maximum Gasteiger partial charge on any atom is 0.350 e. The van der Waals surface area contributed by atoms with Gasteiger partial charge >= 0.3 is 17.9 Å². The molecule has 1 amide bonds. The minimum absolute atomic E-state index is 0.0488. The zero-order valence-electron chi connectivity index (χ0n) is 18.5. The Hall–Kier alpha value is -2.96. The first-order chi connectivity index (χ1) is 16.0. The number of benzene rings is 1. The van der Waals surface area contributed by atoms with E-state index in [0.717, 1.165) is 0 Å². The summed E-state index contributed by atoms with van der Waals surface area (Å²) in [7, 11) is 0. The smallest absolute Gasteiger partial charge is 0.350 e. The van der Waals surface area contributed by atoms with E-state index in [1.54, 1.807) is 13.0 Å². The number of aromatic carboxylic acids is 1. The quantitative estimate of drug-likeness (QED) is 0.287. The van der Waals surface area contributed by atoms with Gasteiger partial charge in [-0.15, -0.1) is 11.8 Å². The number of aliphatic hydroxyl groups is 1. The van der Waals surface area contributed by atoms with Crippen molar-refractivity contribution in [3.63, 3.8) is 0 Å². The number of carbonyl (C=O) groups is 4. The van der Waals surface area contributed by atoms with E-state index >= 15 is 0 Å². The van der Waals surface area contributed by atoms with Gasteiger partial charge in [0.25, 0.3) is 0 Å². The van der Waals surface area contributed by atoms with Crippen LogP contribution in [0.5, 0.6) is 0 Å². The van der Waals surface area contributed by atoms with Crippen LogP contribution in [0.2, 0.25) is 0 Å². The van der Waals surface area contributed by atoms with Crippen LogP contribution >= 0.6 is 11.8 Å². The number of nitrogens with one attached hydrogen (secondary N) is 2. The normalized spacial score (nSPS) is 28.1. The molecule has 2 aliphatic heterocycles. The Morgan fingerprint density at radius 3 is 2.47 bits per heavy atom. The van der Waals surface area contributed by atoms with E-state index in [9.17, 15) is 34.5 Å². The molecule has 1 aromatic rings. The van der Waals surface area contributed by atoms with Gasteiger partial charge in [-0.05, 0) is 37.5 Å². The average Bonchev–Trinajstić information content (AvgIpc) is 3.34.